The van der Waals surface area contributed by atoms with Crippen molar-refractivity contribution in [2.24, 2.45) is 0 Å². The molecule has 0 aliphatic carbocycles. The summed E-state index contributed by atoms with van der Waals surface area (Å²) in [4.78, 5) is 4.29. The Balaban J connectivity index is 1.80. The molecule has 3 heteroatoms. The number of fused-ring (bicyclic) bond motifs is 1. The molecule has 3 rings (SSSR count). The highest BCUT2D eigenvalue weighted by molar-refractivity contribution is 5.78. The molecule has 0 aliphatic heterocycles. The van der Waals surface area contributed by atoms with Crippen LogP contribution in [0.1, 0.15) is 5.56 Å². The Bertz CT molecular complexity index is 710. The van der Waals surface area contributed by atoms with Crippen LogP contribution < -0.4 is 10.5 Å². The van der Waals surface area contributed by atoms with Gasteiger partial charge < -0.3 is 10.5 Å². The fourth-order valence-corrected chi connectivity index (χ4v) is 1.99. The summed E-state index contributed by atoms with van der Waals surface area (Å²) in [5.41, 5.74) is 8.59. The van der Waals surface area contributed by atoms with Gasteiger partial charge in [-0.2, -0.15) is 0 Å². The number of benzene rings is 2. The molecule has 0 saturated carbocycles. The number of pyridine rings is 1. The van der Waals surface area contributed by atoms with Crippen LogP contribution in [0.4, 0.5) is 5.69 Å². The van der Waals surface area contributed by atoms with Crippen LogP contribution in [0.2, 0.25) is 0 Å². The van der Waals surface area contributed by atoms with Gasteiger partial charge >= 0.3 is 0 Å². The van der Waals surface area contributed by atoms with Gasteiger partial charge in [-0.15, -0.1) is 0 Å². The molecule has 94 valence electrons. The minimum atomic E-state index is 0.499. The van der Waals surface area contributed by atoms with Crippen LogP contribution in [-0.4, -0.2) is 4.98 Å². The summed E-state index contributed by atoms with van der Waals surface area (Å²) in [6.07, 6.45) is 1.79. The van der Waals surface area contributed by atoms with E-state index in [2.05, 4.69) is 11.1 Å². The first-order chi connectivity index (χ1) is 9.33. The molecule has 0 atom stereocenters. The molecule has 3 nitrogen and oxygen atoms in total. The molecule has 2 N–H and O–H groups in total. The van der Waals surface area contributed by atoms with Crippen molar-refractivity contribution in [3.05, 3.63) is 66.4 Å². The second kappa shape index (κ2) is 4.98. The lowest BCUT2D eigenvalue weighted by atomic mass is 10.1. The maximum absolute atomic E-state index is 5.84. The Morgan fingerprint density at radius 2 is 1.89 bits per heavy atom. The predicted molar refractivity (Wildman–Crippen MR) is 76.9 cm³/mol. The number of hydrogen-bond donors (Lipinski definition) is 1. The van der Waals surface area contributed by atoms with E-state index in [1.165, 1.54) is 0 Å². The van der Waals surface area contributed by atoms with E-state index >= 15 is 0 Å². The first-order valence-electron chi connectivity index (χ1n) is 6.14. The number of para-hydroxylation sites is 2. The van der Waals surface area contributed by atoms with E-state index in [1.54, 1.807) is 6.20 Å². The van der Waals surface area contributed by atoms with Crippen LogP contribution in [-0.2, 0) is 6.61 Å². The zero-order valence-electron chi connectivity index (χ0n) is 10.4. The number of ether oxygens (including phenoxy) is 1. The molecule has 0 radical (unpaired) electrons. The van der Waals surface area contributed by atoms with Gasteiger partial charge in [-0.25, -0.2) is 0 Å². The Morgan fingerprint density at radius 3 is 2.79 bits per heavy atom. The third-order valence-corrected chi connectivity index (χ3v) is 2.98. The topological polar surface area (TPSA) is 48.1 Å². The van der Waals surface area contributed by atoms with Crippen molar-refractivity contribution >= 4 is 16.6 Å². The molecule has 0 spiro atoms. The molecule has 0 aliphatic rings. The largest absolute Gasteiger partial charge is 0.487 e. The average molecular weight is 250 g/mol. The van der Waals surface area contributed by atoms with E-state index in [-0.39, 0.29) is 0 Å². The standard InChI is InChI=1S/C16H14N2O/c17-14-5-1-2-6-16(14)19-11-12-7-8-15-13(10-12)4-3-9-18-15/h1-10H,11,17H2. The normalized spacial score (nSPS) is 10.5. The molecule has 0 fully saturated rings. The highest BCUT2D eigenvalue weighted by Crippen LogP contribution is 2.21. The number of rotatable bonds is 3. The number of nitrogens with two attached hydrogens (primary N) is 1. The summed E-state index contributed by atoms with van der Waals surface area (Å²) in [5.74, 6) is 0.716. The van der Waals surface area contributed by atoms with Gasteiger partial charge in [0.2, 0.25) is 0 Å². The van der Waals surface area contributed by atoms with Gasteiger partial charge in [0.15, 0.2) is 0 Å². The molecule has 0 amide bonds. The van der Waals surface area contributed by atoms with Crippen LogP contribution in [0.15, 0.2) is 60.8 Å². The number of hydrogen-bond acceptors (Lipinski definition) is 3. The van der Waals surface area contributed by atoms with Crippen molar-refractivity contribution in [1.29, 1.82) is 0 Å². The fourth-order valence-electron chi connectivity index (χ4n) is 1.99. The van der Waals surface area contributed by atoms with Crippen molar-refractivity contribution in [2.45, 2.75) is 6.61 Å². The lowest BCUT2D eigenvalue weighted by molar-refractivity contribution is 0.308. The van der Waals surface area contributed by atoms with Gasteiger partial charge in [0.1, 0.15) is 12.4 Å². The molecule has 0 unspecified atom stereocenters. The molecule has 1 heterocycles. The Hall–Kier alpha value is -2.55. The highest BCUT2D eigenvalue weighted by Gasteiger charge is 2.01. The van der Waals surface area contributed by atoms with Gasteiger partial charge in [-0.3, -0.25) is 4.98 Å². The monoisotopic (exact) mass is 250 g/mol. The van der Waals surface area contributed by atoms with Crippen molar-refractivity contribution in [3.8, 4) is 5.75 Å². The molecule has 0 bridgehead atoms. The van der Waals surface area contributed by atoms with Crippen molar-refractivity contribution in [2.75, 3.05) is 5.73 Å². The van der Waals surface area contributed by atoms with Crippen LogP contribution in [0.25, 0.3) is 10.9 Å². The molecule has 19 heavy (non-hydrogen) atoms. The predicted octanol–water partition coefficient (Wildman–Crippen LogP) is 3.40. The van der Waals surface area contributed by atoms with Gasteiger partial charge in [0.05, 0.1) is 11.2 Å². The van der Waals surface area contributed by atoms with E-state index in [0.717, 1.165) is 16.5 Å². The first-order valence-corrected chi connectivity index (χ1v) is 6.14. The fraction of sp³-hybridized carbons (Fsp3) is 0.0625. The number of nitrogens with zero attached hydrogens (tertiary/aromatic N) is 1. The second-order valence-corrected chi connectivity index (χ2v) is 4.36. The smallest absolute Gasteiger partial charge is 0.142 e. The Morgan fingerprint density at radius 1 is 1.00 bits per heavy atom. The summed E-state index contributed by atoms with van der Waals surface area (Å²) in [6, 6.07) is 17.6. The lowest BCUT2D eigenvalue weighted by Gasteiger charge is -2.09. The first kappa shape index (κ1) is 11.5. The molecule has 0 saturated heterocycles. The molecular formula is C16H14N2O. The SMILES string of the molecule is Nc1ccccc1OCc1ccc2ncccc2c1. The summed E-state index contributed by atoms with van der Waals surface area (Å²) in [5, 5.41) is 1.12. The van der Waals surface area contributed by atoms with Gasteiger partial charge in [-0.1, -0.05) is 24.3 Å². The number of nitrogen functional groups attached to an aromatic ring is 1. The summed E-state index contributed by atoms with van der Waals surface area (Å²) < 4.78 is 5.73. The summed E-state index contributed by atoms with van der Waals surface area (Å²) >= 11 is 0. The van der Waals surface area contributed by atoms with Gasteiger partial charge in [-0.05, 0) is 35.9 Å². The second-order valence-electron chi connectivity index (χ2n) is 4.36. The summed E-state index contributed by atoms with van der Waals surface area (Å²) in [6.45, 7) is 0.499. The Kier molecular flexibility index (Phi) is 3.02. The molecule has 3 aromatic rings. The van der Waals surface area contributed by atoms with E-state index in [4.69, 9.17) is 10.5 Å². The number of aromatic nitrogens is 1. The third-order valence-electron chi connectivity index (χ3n) is 2.98. The lowest BCUT2D eigenvalue weighted by Crippen LogP contribution is -1.98. The van der Waals surface area contributed by atoms with Crippen LogP contribution in [0.3, 0.4) is 0 Å². The molecule has 2 aromatic carbocycles. The van der Waals surface area contributed by atoms with Gasteiger partial charge in [0.25, 0.3) is 0 Å². The minimum Gasteiger partial charge on any atom is -0.487 e. The van der Waals surface area contributed by atoms with E-state index in [9.17, 15) is 0 Å². The van der Waals surface area contributed by atoms with Crippen molar-refractivity contribution < 1.29 is 4.74 Å². The zero-order chi connectivity index (χ0) is 13.1. The van der Waals surface area contributed by atoms with Crippen LogP contribution in [0, 0.1) is 0 Å². The van der Waals surface area contributed by atoms with E-state index in [0.29, 0.717) is 18.0 Å². The van der Waals surface area contributed by atoms with E-state index in [1.807, 2.05) is 48.5 Å². The van der Waals surface area contributed by atoms with Crippen molar-refractivity contribution in [3.63, 3.8) is 0 Å². The van der Waals surface area contributed by atoms with Crippen LogP contribution in [0.5, 0.6) is 5.75 Å². The number of anilines is 1. The third kappa shape index (κ3) is 2.50. The molecule has 1 aromatic heterocycles. The molecular weight excluding hydrogens is 236 g/mol. The zero-order valence-corrected chi connectivity index (χ0v) is 10.4. The van der Waals surface area contributed by atoms with Crippen LogP contribution >= 0.6 is 0 Å². The van der Waals surface area contributed by atoms with E-state index < -0.39 is 0 Å². The van der Waals surface area contributed by atoms with Gasteiger partial charge in [0, 0.05) is 11.6 Å². The average Bonchev–Trinajstić information content (AvgIpc) is 2.46. The Labute approximate surface area is 111 Å². The maximum atomic E-state index is 5.84. The summed E-state index contributed by atoms with van der Waals surface area (Å²) in [7, 11) is 0. The highest BCUT2D eigenvalue weighted by atomic mass is 16.5. The minimum absolute atomic E-state index is 0.499. The maximum Gasteiger partial charge on any atom is 0.142 e. The van der Waals surface area contributed by atoms with Crippen molar-refractivity contribution in [1.82, 2.24) is 4.98 Å². The quantitative estimate of drug-likeness (QED) is 0.725.